The Morgan fingerprint density at radius 1 is 1.00 bits per heavy atom. The van der Waals surface area contributed by atoms with Crippen molar-refractivity contribution < 1.29 is 14.3 Å². The minimum absolute atomic E-state index is 0.0747. The molecule has 11 nitrogen and oxygen atoms in total. The van der Waals surface area contributed by atoms with Crippen LogP contribution >= 0.6 is 0 Å². The summed E-state index contributed by atoms with van der Waals surface area (Å²) < 4.78 is 8.04. The number of aromatic nitrogens is 3. The molecule has 0 radical (unpaired) electrons. The van der Waals surface area contributed by atoms with Gasteiger partial charge in [-0.05, 0) is 73.1 Å². The van der Waals surface area contributed by atoms with Crippen molar-refractivity contribution in [3.05, 3.63) is 97.3 Å². The number of rotatable bonds is 6. The molecule has 47 heavy (non-hydrogen) atoms. The lowest BCUT2D eigenvalue weighted by atomic mass is 9.86. The minimum atomic E-state index is -0.650. The molecule has 2 saturated heterocycles. The second kappa shape index (κ2) is 11.3. The number of carbonyl (C=O) groups excluding carboxylic acids is 2. The van der Waals surface area contributed by atoms with E-state index in [1.807, 2.05) is 25.1 Å². The minimum Gasteiger partial charge on any atom is -0.481 e. The Morgan fingerprint density at radius 3 is 2.40 bits per heavy atom. The number of pyridine rings is 1. The highest BCUT2D eigenvalue weighted by molar-refractivity contribution is 6.04. The Bertz CT molecular complexity index is 2090. The molecule has 3 aliphatic rings. The largest absolute Gasteiger partial charge is 0.481 e. The van der Waals surface area contributed by atoms with Crippen LogP contribution in [0.3, 0.4) is 0 Å². The number of anilines is 1. The van der Waals surface area contributed by atoms with E-state index in [1.54, 1.807) is 13.2 Å². The zero-order valence-electron chi connectivity index (χ0n) is 27.3. The van der Waals surface area contributed by atoms with Gasteiger partial charge in [-0.2, -0.15) is 0 Å². The van der Waals surface area contributed by atoms with E-state index in [0.717, 1.165) is 76.0 Å². The predicted octanol–water partition coefficient (Wildman–Crippen LogP) is 3.64. The highest BCUT2D eigenvalue weighted by Gasteiger charge is 2.51. The fourth-order valence-electron chi connectivity index (χ4n) is 7.62. The van der Waals surface area contributed by atoms with Crippen molar-refractivity contribution in [1.29, 1.82) is 0 Å². The smallest absolute Gasteiger partial charge is 0.330 e. The zero-order chi connectivity index (χ0) is 33.2. The van der Waals surface area contributed by atoms with Crippen LogP contribution in [0.2, 0.25) is 0 Å². The molecule has 242 valence electrons. The van der Waals surface area contributed by atoms with Gasteiger partial charge in [0.25, 0.3) is 11.5 Å². The molecular formula is C36H38N6O5. The summed E-state index contributed by atoms with van der Waals surface area (Å²) in [6.45, 7) is 5.72. The molecule has 0 bridgehead atoms. The van der Waals surface area contributed by atoms with Gasteiger partial charge >= 0.3 is 5.69 Å². The SMILES string of the molecule is COc1nc(-c2cccc(-c3cccc(NC(=O)c4cn(C)c(=O)n(C)c4=O)c3C)c2C)cc2c1C(N1CC3(CCC(=O)N3)C1)CC2. The third-order valence-corrected chi connectivity index (χ3v) is 10.2. The first kappa shape index (κ1) is 30.6. The molecule has 11 heteroatoms. The standard InChI is InChI=1S/C36H38N6O5/c1-20-23(24-9-7-11-27(21(24)2)37-32(44)26-17-40(3)35(46)41(4)34(26)45)8-6-10-25(20)28-16-22-12-13-29(31(22)33(38-28)47-5)42-18-36(19-42)15-14-30(43)39-36/h6-11,16-17,29H,12-15,18-19H2,1-5H3,(H,37,44)(H,39,43). The molecule has 1 atom stereocenters. The van der Waals surface area contributed by atoms with Crippen LogP contribution < -0.4 is 26.6 Å². The summed E-state index contributed by atoms with van der Waals surface area (Å²) >= 11 is 0. The number of likely N-dealkylation sites (tertiary alicyclic amines) is 1. The number of nitrogens with one attached hydrogen (secondary N) is 2. The number of ether oxygens (including phenoxy) is 1. The number of amides is 2. The Balaban J connectivity index is 1.18. The van der Waals surface area contributed by atoms with Crippen LogP contribution in [0.25, 0.3) is 22.4 Å². The van der Waals surface area contributed by atoms with Gasteiger partial charge in [0.1, 0.15) is 5.56 Å². The molecule has 7 rings (SSSR count). The number of carbonyl (C=O) groups is 2. The quantitative estimate of drug-likeness (QED) is 0.332. The van der Waals surface area contributed by atoms with E-state index in [0.29, 0.717) is 18.0 Å². The number of nitrogens with zero attached hydrogens (tertiary/aromatic N) is 4. The van der Waals surface area contributed by atoms with Crippen LogP contribution in [0.15, 0.2) is 58.3 Å². The predicted molar refractivity (Wildman–Crippen MR) is 179 cm³/mol. The van der Waals surface area contributed by atoms with Gasteiger partial charge in [0.2, 0.25) is 11.8 Å². The third-order valence-electron chi connectivity index (χ3n) is 10.2. The van der Waals surface area contributed by atoms with Crippen LogP contribution in [0.4, 0.5) is 5.69 Å². The fourth-order valence-corrected chi connectivity index (χ4v) is 7.62. The van der Waals surface area contributed by atoms with Crippen molar-refractivity contribution in [3.8, 4) is 28.3 Å². The Labute approximate surface area is 272 Å². The van der Waals surface area contributed by atoms with Crippen molar-refractivity contribution in [3.63, 3.8) is 0 Å². The maximum atomic E-state index is 13.2. The maximum absolute atomic E-state index is 13.2. The fraction of sp³-hybridized carbons (Fsp3) is 0.361. The van der Waals surface area contributed by atoms with Crippen molar-refractivity contribution in [2.24, 2.45) is 14.1 Å². The van der Waals surface area contributed by atoms with Gasteiger partial charge in [0.05, 0.1) is 18.3 Å². The molecule has 1 spiro atoms. The number of methoxy groups -OCH3 is 1. The summed E-state index contributed by atoms with van der Waals surface area (Å²) in [5, 5.41) is 6.07. The van der Waals surface area contributed by atoms with E-state index in [1.165, 1.54) is 30.4 Å². The van der Waals surface area contributed by atoms with E-state index in [9.17, 15) is 19.2 Å². The number of fused-ring (bicyclic) bond motifs is 1. The summed E-state index contributed by atoms with van der Waals surface area (Å²) in [5.41, 5.74) is 7.27. The van der Waals surface area contributed by atoms with Crippen LogP contribution in [-0.2, 0) is 25.3 Å². The molecule has 4 aromatic rings. The number of hydrogen-bond donors (Lipinski definition) is 2. The van der Waals surface area contributed by atoms with E-state index in [2.05, 4.69) is 40.7 Å². The summed E-state index contributed by atoms with van der Waals surface area (Å²) in [6.07, 6.45) is 4.69. The molecule has 1 aliphatic carbocycles. The monoisotopic (exact) mass is 634 g/mol. The lowest BCUT2D eigenvalue weighted by Crippen LogP contribution is -2.67. The average molecular weight is 635 g/mol. The Morgan fingerprint density at radius 2 is 1.70 bits per heavy atom. The molecule has 1 unspecified atom stereocenters. The molecular weight excluding hydrogens is 596 g/mol. The van der Waals surface area contributed by atoms with Crippen molar-refractivity contribution in [2.45, 2.75) is 51.1 Å². The second-order valence-corrected chi connectivity index (χ2v) is 13.1. The first-order chi connectivity index (χ1) is 22.5. The first-order valence-electron chi connectivity index (χ1n) is 15.9. The van der Waals surface area contributed by atoms with Gasteiger partial charge in [-0.15, -0.1) is 0 Å². The van der Waals surface area contributed by atoms with E-state index < -0.39 is 17.2 Å². The summed E-state index contributed by atoms with van der Waals surface area (Å²) in [4.78, 5) is 57.3. The lowest BCUT2D eigenvalue weighted by Gasteiger charge is -2.50. The molecule has 2 aromatic carbocycles. The van der Waals surface area contributed by atoms with Crippen molar-refractivity contribution >= 4 is 17.5 Å². The second-order valence-electron chi connectivity index (χ2n) is 13.1. The van der Waals surface area contributed by atoms with Gasteiger partial charge in [-0.25, -0.2) is 9.78 Å². The van der Waals surface area contributed by atoms with Crippen LogP contribution in [0, 0.1) is 13.8 Å². The highest BCUT2D eigenvalue weighted by Crippen LogP contribution is 2.47. The first-order valence-corrected chi connectivity index (χ1v) is 15.9. The number of benzene rings is 2. The number of hydrogen-bond acceptors (Lipinski definition) is 7. The van der Waals surface area contributed by atoms with Gasteiger partial charge < -0.3 is 19.9 Å². The molecule has 2 N–H and O–H groups in total. The van der Waals surface area contributed by atoms with Gasteiger partial charge in [-0.1, -0.05) is 30.3 Å². The lowest BCUT2D eigenvalue weighted by molar-refractivity contribution is -0.121. The molecule has 2 aromatic heterocycles. The van der Waals surface area contributed by atoms with Crippen LogP contribution in [0.1, 0.15) is 57.9 Å². The van der Waals surface area contributed by atoms with Crippen molar-refractivity contribution in [2.75, 3.05) is 25.5 Å². The summed E-state index contributed by atoms with van der Waals surface area (Å²) in [5.74, 6) is 0.214. The van der Waals surface area contributed by atoms with Crippen LogP contribution in [0.5, 0.6) is 5.88 Å². The highest BCUT2D eigenvalue weighted by atomic mass is 16.5. The average Bonchev–Trinajstić information content (AvgIpc) is 3.65. The number of aryl methyl sites for hydroxylation is 2. The molecule has 2 fully saturated rings. The summed E-state index contributed by atoms with van der Waals surface area (Å²) in [6, 6.07) is 14.2. The Kier molecular flexibility index (Phi) is 7.39. The van der Waals surface area contributed by atoms with Crippen molar-refractivity contribution in [1.82, 2.24) is 24.3 Å². The molecule has 2 aliphatic heterocycles. The van der Waals surface area contributed by atoms with E-state index >= 15 is 0 Å². The summed E-state index contributed by atoms with van der Waals surface area (Å²) in [7, 11) is 4.53. The van der Waals surface area contributed by atoms with Gasteiger partial charge in [0, 0.05) is 62.7 Å². The topological polar surface area (TPSA) is 128 Å². The normalized spacial score (nSPS) is 18.1. The Hall–Kier alpha value is -5.03. The molecule has 4 heterocycles. The van der Waals surface area contributed by atoms with Gasteiger partial charge in [0.15, 0.2) is 0 Å². The molecule has 0 saturated carbocycles. The zero-order valence-corrected chi connectivity index (χ0v) is 27.3. The molecule has 2 amide bonds. The van der Waals surface area contributed by atoms with Gasteiger partial charge in [-0.3, -0.25) is 23.9 Å². The van der Waals surface area contributed by atoms with E-state index in [4.69, 9.17) is 9.72 Å². The third kappa shape index (κ3) is 5.05. The van der Waals surface area contributed by atoms with Crippen LogP contribution in [-0.4, -0.2) is 56.6 Å². The van der Waals surface area contributed by atoms with E-state index in [-0.39, 0.29) is 23.1 Å². The maximum Gasteiger partial charge on any atom is 0.330 e.